The van der Waals surface area contributed by atoms with Gasteiger partial charge in [0, 0.05) is 12.5 Å². The zero-order valence-corrected chi connectivity index (χ0v) is 18.7. The normalized spacial score (nSPS) is 15.3. The first-order chi connectivity index (χ1) is 15.2. The van der Waals surface area contributed by atoms with E-state index < -0.39 is 0 Å². The van der Waals surface area contributed by atoms with Crippen LogP contribution in [0.3, 0.4) is 0 Å². The number of ether oxygens (including phenoxy) is 1. The highest BCUT2D eigenvalue weighted by Crippen LogP contribution is 2.25. The van der Waals surface area contributed by atoms with Crippen LogP contribution in [0.5, 0.6) is 5.75 Å². The van der Waals surface area contributed by atoms with Gasteiger partial charge in [0.2, 0.25) is 5.24 Å². The summed E-state index contributed by atoms with van der Waals surface area (Å²) < 4.78 is 5.99. The summed E-state index contributed by atoms with van der Waals surface area (Å²) in [6.07, 6.45) is 5.02. The lowest BCUT2D eigenvalue weighted by Crippen LogP contribution is -2.34. The van der Waals surface area contributed by atoms with E-state index in [1.807, 2.05) is 0 Å². The molecule has 3 aromatic carbocycles. The number of hydrogen-bond acceptors (Lipinski definition) is 3. The van der Waals surface area contributed by atoms with Gasteiger partial charge in [-0.2, -0.15) is 0 Å². The molecule has 0 radical (unpaired) electrons. The lowest BCUT2D eigenvalue weighted by Gasteiger charge is -2.30. The van der Waals surface area contributed by atoms with Gasteiger partial charge in [0.25, 0.3) is 0 Å². The van der Waals surface area contributed by atoms with Crippen molar-refractivity contribution in [3.63, 3.8) is 0 Å². The Labute approximate surface area is 190 Å². The van der Waals surface area contributed by atoms with Crippen LogP contribution in [-0.4, -0.2) is 29.8 Å². The molecule has 31 heavy (non-hydrogen) atoms. The van der Waals surface area contributed by atoms with E-state index in [1.165, 1.54) is 21.9 Å². The van der Waals surface area contributed by atoms with Gasteiger partial charge in [0.1, 0.15) is 5.75 Å². The van der Waals surface area contributed by atoms with Crippen LogP contribution < -0.4 is 4.74 Å². The number of benzene rings is 3. The number of unbranched alkanes of at least 4 members (excludes halogenated alkanes) is 1. The van der Waals surface area contributed by atoms with Gasteiger partial charge in [-0.1, -0.05) is 48.5 Å². The Hall–Kier alpha value is -2.36. The van der Waals surface area contributed by atoms with Crippen molar-refractivity contribution in [2.75, 3.05) is 19.7 Å². The molecule has 3 aromatic rings. The second-order valence-electron chi connectivity index (χ2n) is 8.49. The van der Waals surface area contributed by atoms with E-state index in [0.717, 1.165) is 64.1 Å². The Morgan fingerprint density at radius 1 is 0.903 bits per heavy atom. The summed E-state index contributed by atoms with van der Waals surface area (Å²) in [7, 11) is 0. The van der Waals surface area contributed by atoms with Crippen LogP contribution >= 0.6 is 11.6 Å². The molecule has 0 spiro atoms. The summed E-state index contributed by atoms with van der Waals surface area (Å²) in [6, 6.07) is 23.6. The Kier molecular flexibility index (Phi) is 7.61. The van der Waals surface area contributed by atoms with Crippen LogP contribution in [0.1, 0.15) is 36.8 Å². The van der Waals surface area contributed by atoms with Gasteiger partial charge in [-0.25, -0.2) is 0 Å². The molecule has 0 amide bonds. The minimum Gasteiger partial charge on any atom is -0.494 e. The molecule has 4 rings (SSSR count). The van der Waals surface area contributed by atoms with Crippen LogP contribution in [0.2, 0.25) is 0 Å². The van der Waals surface area contributed by atoms with E-state index >= 15 is 0 Å². The molecule has 1 aliphatic rings. The Bertz CT molecular complexity index is 997. The summed E-state index contributed by atoms with van der Waals surface area (Å²) in [4.78, 5) is 13.7. The topological polar surface area (TPSA) is 29.5 Å². The minimum absolute atomic E-state index is 0.0336. The molecule has 4 heteroatoms. The number of nitrogens with zero attached hydrogens (tertiary/aromatic N) is 1. The molecule has 3 nitrogen and oxygen atoms in total. The van der Waals surface area contributed by atoms with Gasteiger partial charge >= 0.3 is 0 Å². The van der Waals surface area contributed by atoms with E-state index in [4.69, 9.17) is 16.3 Å². The molecule has 1 heterocycles. The fourth-order valence-corrected chi connectivity index (χ4v) is 4.52. The molecule has 0 unspecified atom stereocenters. The fraction of sp³-hybridized carbons (Fsp3) is 0.370. The maximum Gasteiger partial charge on any atom is 0.224 e. The largest absolute Gasteiger partial charge is 0.494 e. The Balaban J connectivity index is 1.25. The molecule has 1 saturated heterocycles. The molecule has 0 saturated carbocycles. The second kappa shape index (κ2) is 10.8. The quantitative estimate of drug-likeness (QED) is 0.295. The van der Waals surface area contributed by atoms with Gasteiger partial charge in [-0.3, -0.25) is 9.69 Å². The maximum absolute atomic E-state index is 11.3. The van der Waals surface area contributed by atoms with Crippen molar-refractivity contribution in [1.29, 1.82) is 0 Å². The zero-order chi connectivity index (χ0) is 21.5. The number of halogens is 1. The zero-order valence-electron chi connectivity index (χ0n) is 17.9. The van der Waals surface area contributed by atoms with Gasteiger partial charge in [0.15, 0.2) is 0 Å². The smallest absolute Gasteiger partial charge is 0.224 e. The van der Waals surface area contributed by atoms with Crippen molar-refractivity contribution in [2.24, 2.45) is 5.92 Å². The van der Waals surface area contributed by atoms with E-state index in [0.29, 0.717) is 0 Å². The first kappa shape index (κ1) is 21.9. The number of rotatable bonds is 9. The molecule has 162 valence electrons. The molecule has 0 atom stereocenters. The summed E-state index contributed by atoms with van der Waals surface area (Å²) in [5.41, 5.74) is 2.69. The summed E-state index contributed by atoms with van der Waals surface area (Å²) in [6.45, 7) is 3.52. The Morgan fingerprint density at radius 2 is 1.65 bits per heavy atom. The second-order valence-corrected chi connectivity index (χ2v) is 8.86. The van der Waals surface area contributed by atoms with Crippen LogP contribution in [0, 0.1) is 5.92 Å². The number of fused-ring (bicyclic) bond motifs is 1. The summed E-state index contributed by atoms with van der Waals surface area (Å²) in [5.74, 6) is 0.971. The van der Waals surface area contributed by atoms with E-state index in [2.05, 4.69) is 71.6 Å². The predicted octanol–water partition coefficient (Wildman–Crippen LogP) is 6.22. The highest BCUT2D eigenvalue weighted by molar-refractivity contribution is 6.63. The molecule has 1 fully saturated rings. The van der Waals surface area contributed by atoms with Crippen LogP contribution in [0.25, 0.3) is 10.8 Å². The van der Waals surface area contributed by atoms with Crippen molar-refractivity contribution in [3.8, 4) is 5.75 Å². The predicted molar refractivity (Wildman–Crippen MR) is 128 cm³/mol. The SMILES string of the molecule is O=C(Cl)C1CCN(Cc2ccc3cc(OCCCCc4ccccc4)ccc3c2)CC1. The van der Waals surface area contributed by atoms with Crippen molar-refractivity contribution in [1.82, 2.24) is 4.90 Å². The molecular weight excluding hydrogens is 406 g/mol. The molecule has 0 bridgehead atoms. The average molecular weight is 436 g/mol. The first-order valence-electron chi connectivity index (χ1n) is 11.3. The van der Waals surface area contributed by atoms with E-state index in [1.54, 1.807) is 0 Å². The standard InChI is InChI=1S/C27H30ClNO2/c28-27(30)23-13-15-29(16-14-23)20-22-9-10-25-19-26(12-11-24(25)18-22)31-17-5-4-8-21-6-2-1-3-7-21/h1-3,6-7,9-12,18-19,23H,4-5,8,13-17,20H2. The molecule has 0 aromatic heterocycles. The fourth-order valence-electron chi connectivity index (χ4n) is 4.30. The number of likely N-dealkylation sites (tertiary alicyclic amines) is 1. The Morgan fingerprint density at radius 3 is 2.42 bits per heavy atom. The third-order valence-electron chi connectivity index (χ3n) is 6.16. The molecule has 0 N–H and O–H groups in total. The van der Waals surface area contributed by atoms with Gasteiger partial charge in [-0.05, 0) is 96.9 Å². The third kappa shape index (κ3) is 6.32. The number of aryl methyl sites for hydroxylation is 1. The molecular formula is C27H30ClNO2. The van der Waals surface area contributed by atoms with Crippen molar-refractivity contribution in [2.45, 2.75) is 38.6 Å². The number of piperidine rings is 1. The lowest BCUT2D eigenvalue weighted by atomic mass is 9.97. The third-order valence-corrected chi connectivity index (χ3v) is 6.47. The van der Waals surface area contributed by atoms with Gasteiger partial charge < -0.3 is 4.74 Å². The number of hydrogen-bond donors (Lipinski definition) is 0. The number of carbonyl (C=O) groups is 1. The highest BCUT2D eigenvalue weighted by atomic mass is 35.5. The van der Waals surface area contributed by atoms with Crippen molar-refractivity contribution < 1.29 is 9.53 Å². The first-order valence-corrected chi connectivity index (χ1v) is 11.7. The molecule has 0 aliphatic carbocycles. The van der Waals surface area contributed by atoms with Crippen molar-refractivity contribution in [3.05, 3.63) is 77.9 Å². The van der Waals surface area contributed by atoms with Gasteiger partial charge in [0.05, 0.1) is 6.61 Å². The lowest BCUT2D eigenvalue weighted by molar-refractivity contribution is -0.116. The average Bonchev–Trinajstić information content (AvgIpc) is 2.80. The van der Waals surface area contributed by atoms with Gasteiger partial charge in [-0.15, -0.1) is 0 Å². The van der Waals surface area contributed by atoms with E-state index in [-0.39, 0.29) is 11.2 Å². The van der Waals surface area contributed by atoms with E-state index in [9.17, 15) is 4.79 Å². The highest BCUT2D eigenvalue weighted by Gasteiger charge is 2.23. The van der Waals surface area contributed by atoms with Crippen molar-refractivity contribution >= 4 is 27.6 Å². The number of carbonyl (C=O) groups excluding carboxylic acids is 1. The van der Waals surface area contributed by atoms with Crippen LogP contribution in [0.4, 0.5) is 0 Å². The summed E-state index contributed by atoms with van der Waals surface area (Å²) in [5, 5.41) is 2.26. The minimum atomic E-state index is -0.181. The van der Waals surface area contributed by atoms with Crippen LogP contribution in [-0.2, 0) is 17.8 Å². The monoisotopic (exact) mass is 435 g/mol. The van der Waals surface area contributed by atoms with Crippen LogP contribution in [0.15, 0.2) is 66.7 Å². The maximum atomic E-state index is 11.3. The summed E-state index contributed by atoms with van der Waals surface area (Å²) >= 11 is 5.65. The molecule has 1 aliphatic heterocycles.